The Labute approximate surface area is 96.5 Å². The second-order valence-corrected chi connectivity index (χ2v) is 3.80. The fraction of sp³-hybridized carbons (Fsp3) is 0.273. The predicted molar refractivity (Wildman–Crippen MR) is 61.2 cm³/mol. The first-order valence-electron chi connectivity index (χ1n) is 5.12. The molecule has 90 valence electrons. The van der Waals surface area contributed by atoms with Gasteiger partial charge in [-0.1, -0.05) is 6.07 Å². The van der Waals surface area contributed by atoms with Gasteiger partial charge < -0.3 is 14.4 Å². The summed E-state index contributed by atoms with van der Waals surface area (Å²) < 4.78 is 4.87. The van der Waals surface area contributed by atoms with Crippen molar-refractivity contribution in [2.75, 3.05) is 13.6 Å². The van der Waals surface area contributed by atoms with Crippen LogP contribution in [0.25, 0.3) is 11.1 Å². The van der Waals surface area contributed by atoms with Gasteiger partial charge in [-0.15, -0.1) is 0 Å². The number of hydrogen-bond donors (Lipinski definition) is 2. The Kier molecular flexibility index (Phi) is 2.86. The molecule has 17 heavy (non-hydrogen) atoms. The Morgan fingerprint density at radius 1 is 1.53 bits per heavy atom. The van der Waals surface area contributed by atoms with E-state index in [0.717, 1.165) is 5.56 Å². The van der Waals surface area contributed by atoms with Crippen molar-refractivity contribution in [1.29, 1.82) is 0 Å². The second kappa shape index (κ2) is 4.32. The molecule has 6 heteroatoms. The van der Waals surface area contributed by atoms with E-state index in [1.54, 1.807) is 12.1 Å². The number of nitrogens with zero attached hydrogens (tertiary/aromatic N) is 1. The Hall–Kier alpha value is -2.24. The molecule has 2 aromatic rings. The minimum Gasteiger partial charge on any atom is -0.465 e. The Balaban J connectivity index is 2.14. The molecule has 0 atom stereocenters. The highest BCUT2D eigenvalue weighted by atomic mass is 16.4. The summed E-state index contributed by atoms with van der Waals surface area (Å²) in [5.74, 6) is -0.486. The van der Waals surface area contributed by atoms with Gasteiger partial charge in [0, 0.05) is 13.6 Å². The minimum absolute atomic E-state index is 0.406. The number of oxazole rings is 1. The smallest absolute Gasteiger partial charge is 0.417 e. The van der Waals surface area contributed by atoms with Gasteiger partial charge in [0.05, 0.1) is 5.52 Å². The number of carbonyl (C=O) groups is 1. The highest BCUT2D eigenvalue weighted by molar-refractivity contribution is 5.72. The third kappa shape index (κ3) is 2.47. The van der Waals surface area contributed by atoms with Crippen molar-refractivity contribution in [3.63, 3.8) is 0 Å². The summed E-state index contributed by atoms with van der Waals surface area (Å²) in [6, 6.07) is 5.30. The van der Waals surface area contributed by atoms with E-state index >= 15 is 0 Å². The first kappa shape index (κ1) is 11.3. The molecule has 0 aliphatic heterocycles. The second-order valence-electron chi connectivity index (χ2n) is 3.80. The zero-order valence-corrected chi connectivity index (χ0v) is 9.27. The average Bonchev–Trinajstić information content (AvgIpc) is 2.64. The average molecular weight is 236 g/mol. The molecule has 1 heterocycles. The van der Waals surface area contributed by atoms with Crippen LogP contribution in [0.1, 0.15) is 5.56 Å². The largest absolute Gasteiger partial charge is 0.465 e. The molecule has 0 fully saturated rings. The van der Waals surface area contributed by atoms with Crippen molar-refractivity contribution in [1.82, 2.24) is 9.88 Å². The van der Waals surface area contributed by atoms with Crippen molar-refractivity contribution in [3.8, 4) is 0 Å². The number of amides is 1. The number of likely N-dealkylation sites (N-methyl/N-ethyl adjacent to an activating group) is 1. The van der Waals surface area contributed by atoms with Crippen LogP contribution >= 0.6 is 0 Å². The van der Waals surface area contributed by atoms with Gasteiger partial charge in [0.2, 0.25) is 0 Å². The van der Waals surface area contributed by atoms with Crippen LogP contribution in [0, 0.1) is 0 Å². The first-order valence-corrected chi connectivity index (χ1v) is 5.12. The molecule has 6 nitrogen and oxygen atoms in total. The molecule has 0 saturated carbocycles. The molecule has 0 aliphatic rings. The van der Waals surface area contributed by atoms with Crippen molar-refractivity contribution < 1.29 is 14.3 Å². The number of carboxylic acid groups (broad SMARTS) is 1. The van der Waals surface area contributed by atoms with Gasteiger partial charge in [0.15, 0.2) is 5.58 Å². The first-order chi connectivity index (χ1) is 8.06. The van der Waals surface area contributed by atoms with Crippen LogP contribution in [0.5, 0.6) is 0 Å². The molecule has 1 aromatic carbocycles. The molecular weight excluding hydrogens is 224 g/mol. The predicted octanol–water partition coefficient (Wildman–Crippen LogP) is 1.27. The van der Waals surface area contributed by atoms with Gasteiger partial charge in [-0.2, -0.15) is 0 Å². The van der Waals surface area contributed by atoms with E-state index in [1.807, 2.05) is 6.07 Å². The lowest BCUT2D eigenvalue weighted by Gasteiger charge is -2.12. The van der Waals surface area contributed by atoms with Gasteiger partial charge in [0.25, 0.3) is 0 Å². The number of aromatic nitrogens is 1. The van der Waals surface area contributed by atoms with Crippen molar-refractivity contribution in [2.45, 2.75) is 6.42 Å². The number of benzene rings is 1. The SMILES string of the molecule is CN(CCc1ccc2oc(=O)[nH]c2c1)C(=O)O. The van der Waals surface area contributed by atoms with Gasteiger partial charge in [-0.05, 0) is 24.1 Å². The standard InChI is InChI=1S/C11H12N2O4/c1-13(11(15)16)5-4-7-2-3-9-8(6-7)12-10(14)17-9/h2-3,6H,4-5H2,1H3,(H,12,14)(H,15,16). The van der Waals surface area contributed by atoms with E-state index in [4.69, 9.17) is 9.52 Å². The fourth-order valence-electron chi connectivity index (χ4n) is 1.55. The zero-order valence-electron chi connectivity index (χ0n) is 9.27. The molecular formula is C11H12N2O4. The fourth-order valence-corrected chi connectivity index (χ4v) is 1.55. The summed E-state index contributed by atoms with van der Waals surface area (Å²) in [7, 11) is 1.51. The number of hydrogen-bond acceptors (Lipinski definition) is 3. The lowest BCUT2D eigenvalue weighted by Crippen LogP contribution is -2.26. The van der Waals surface area contributed by atoms with E-state index in [1.165, 1.54) is 11.9 Å². The normalized spacial score (nSPS) is 10.6. The molecule has 0 unspecified atom stereocenters. The summed E-state index contributed by atoms with van der Waals surface area (Å²) >= 11 is 0. The number of fused-ring (bicyclic) bond motifs is 1. The molecule has 0 aliphatic carbocycles. The lowest BCUT2D eigenvalue weighted by atomic mass is 10.1. The molecule has 1 aromatic heterocycles. The summed E-state index contributed by atoms with van der Waals surface area (Å²) in [5, 5.41) is 8.70. The third-order valence-electron chi connectivity index (χ3n) is 2.55. The molecule has 0 saturated heterocycles. The molecule has 0 spiro atoms. The summed E-state index contributed by atoms with van der Waals surface area (Å²) in [6.45, 7) is 0.406. The van der Waals surface area contributed by atoms with Crippen LogP contribution in [0.4, 0.5) is 4.79 Å². The van der Waals surface area contributed by atoms with Crippen molar-refractivity contribution in [2.24, 2.45) is 0 Å². The van der Waals surface area contributed by atoms with Crippen LogP contribution in [-0.4, -0.2) is 34.7 Å². The molecule has 2 rings (SSSR count). The highest BCUT2D eigenvalue weighted by Crippen LogP contribution is 2.12. The van der Waals surface area contributed by atoms with Crippen LogP contribution < -0.4 is 5.76 Å². The van der Waals surface area contributed by atoms with E-state index in [-0.39, 0.29) is 0 Å². The van der Waals surface area contributed by atoms with Gasteiger partial charge in [0.1, 0.15) is 0 Å². The third-order valence-corrected chi connectivity index (χ3v) is 2.55. The zero-order chi connectivity index (χ0) is 12.4. The maximum Gasteiger partial charge on any atom is 0.417 e. The maximum atomic E-state index is 10.9. The maximum absolute atomic E-state index is 10.9. The van der Waals surface area contributed by atoms with Crippen LogP contribution in [0.2, 0.25) is 0 Å². The number of aromatic amines is 1. The molecule has 1 amide bonds. The number of nitrogens with one attached hydrogen (secondary N) is 1. The number of rotatable bonds is 3. The molecule has 0 radical (unpaired) electrons. The van der Waals surface area contributed by atoms with Gasteiger partial charge in [-0.3, -0.25) is 4.98 Å². The molecule has 0 bridgehead atoms. The van der Waals surface area contributed by atoms with Crippen LogP contribution in [0.3, 0.4) is 0 Å². The Bertz CT molecular complexity index is 599. The molecule has 2 N–H and O–H groups in total. The summed E-state index contributed by atoms with van der Waals surface area (Å²) in [6.07, 6.45) is -0.367. The van der Waals surface area contributed by atoms with Crippen molar-refractivity contribution in [3.05, 3.63) is 34.3 Å². The van der Waals surface area contributed by atoms with Crippen LogP contribution in [0.15, 0.2) is 27.4 Å². The van der Waals surface area contributed by atoms with E-state index < -0.39 is 11.8 Å². The Morgan fingerprint density at radius 3 is 3.00 bits per heavy atom. The topological polar surface area (TPSA) is 86.5 Å². The van der Waals surface area contributed by atoms with Gasteiger partial charge in [-0.25, -0.2) is 9.59 Å². The lowest BCUT2D eigenvalue weighted by molar-refractivity contribution is 0.156. The Morgan fingerprint density at radius 2 is 2.29 bits per heavy atom. The van der Waals surface area contributed by atoms with Crippen molar-refractivity contribution >= 4 is 17.2 Å². The van der Waals surface area contributed by atoms with Crippen LogP contribution in [-0.2, 0) is 6.42 Å². The minimum atomic E-state index is -0.956. The highest BCUT2D eigenvalue weighted by Gasteiger charge is 2.06. The quantitative estimate of drug-likeness (QED) is 0.840. The monoisotopic (exact) mass is 236 g/mol. The number of H-pyrrole nitrogens is 1. The van der Waals surface area contributed by atoms with E-state index in [0.29, 0.717) is 24.1 Å². The van der Waals surface area contributed by atoms with E-state index in [9.17, 15) is 9.59 Å². The van der Waals surface area contributed by atoms with E-state index in [2.05, 4.69) is 4.98 Å². The summed E-state index contributed by atoms with van der Waals surface area (Å²) in [5.41, 5.74) is 2.08. The summed E-state index contributed by atoms with van der Waals surface area (Å²) in [4.78, 5) is 25.3. The van der Waals surface area contributed by atoms with Gasteiger partial charge >= 0.3 is 11.8 Å².